The highest BCUT2D eigenvalue weighted by Gasteiger charge is 2.34. The molecule has 0 fully saturated rings. The zero-order chi connectivity index (χ0) is 30.9. The van der Waals surface area contributed by atoms with Crippen molar-refractivity contribution in [2.75, 3.05) is 0 Å². The van der Waals surface area contributed by atoms with Gasteiger partial charge in [0.1, 0.15) is 11.7 Å². The molecule has 1 aromatic carbocycles. The second kappa shape index (κ2) is 16.8. The quantitative estimate of drug-likeness (QED) is 0.299. The summed E-state index contributed by atoms with van der Waals surface area (Å²) in [4.78, 5) is 32.1. The summed E-state index contributed by atoms with van der Waals surface area (Å²) in [6.45, 7) is 18.7. The highest BCUT2D eigenvalue weighted by molar-refractivity contribution is 7.79. The number of carbonyl (C=O) groups excluding carboxylic acids is 1. The van der Waals surface area contributed by atoms with Gasteiger partial charge in [0, 0.05) is 5.92 Å². The Hall–Kier alpha value is -3.38. The Morgan fingerprint density at radius 2 is 1.66 bits per heavy atom. The van der Waals surface area contributed by atoms with Gasteiger partial charge in [0.2, 0.25) is 17.0 Å². The molecule has 10 nitrogen and oxygen atoms in total. The van der Waals surface area contributed by atoms with E-state index in [1.165, 1.54) is 0 Å². The van der Waals surface area contributed by atoms with Crippen LogP contribution in [0.4, 0.5) is 4.39 Å². The van der Waals surface area contributed by atoms with Gasteiger partial charge in [-0.15, -0.1) is 4.40 Å². The zero-order valence-electron chi connectivity index (χ0n) is 24.2. The molecule has 12 heteroatoms. The normalized spacial score (nSPS) is 17.4. The van der Waals surface area contributed by atoms with Crippen LogP contribution in [0.25, 0.3) is 0 Å². The van der Waals surface area contributed by atoms with E-state index in [0.717, 1.165) is 12.0 Å². The molecule has 3 aliphatic rings. The number of allylic oxidation sites excluding steroid dienone is 6. The molecule has 230 valence electrons. The smallest absolute Gasteiger partial charge is 0.309 e. The third kappa shape index (κ3) is 10.8. The van der Waals surface area contributed by atoms with E-state index < -0.39 is 22.1 Å². The van der Waals surface area contributed by atoms with Crippen molar-refractivity contribution in [3.63, 3.8) is 0 Å². The predicted octanol–water partition coefficient (Wildman–Crippen LogP) is 5.12. The molecule has 0 saturated carbocycles. The molecule has 41 heavy (non-hydrogen) atoms. The molecule has 1 unspecified atom stereocenters. The molecular weight excluding hydrogens is 555 g/mol. The molecular formula is C29H43FN2O8S. The molecule has 2 aliphatic carbocycles. The van der Waals surface area contributed by atoms with Crippen LogP contribution in [0, 0.1) is 17.8 Å². The number of ketones is 1. The summed E-state index contributed by atoms with van der Waals surface area (Å²) >= 11 is -1.50. The van der Waals surface area contributed by atoms with Crippen molar-refractivity contribution in [3.05, 3.63) is 73.2 Å². The fourth-order valence-corrected chi connectivity index (χ4v) is 3.82. The molecule has 1 atom stereocenters. The molecule has 1 aromatic rings. The number of nitrogens with zero attached hydrogens (tertiary/aromatic N) is 1. The Balaban J connectivity index is 0.000000518. The molecule has 1 heterocycles. The summed E-state index contributed by atoms with van der Waals surface area (Å²) in [6, 6.07) is 0. The van der Waals surface area contributed by atoms with Gasteiger partial charge < -0.3 is 14.9 Å². The van der Waals surface area contributed by atoms with Gasteiger partial charge in [-0.3, -0.25) is 14.4 Å². The minimum absolute atomic E-state index is 0. The van der Waals surface area contributed by atoms with Crippen molar-refractivity contribution in [1.82, 2.24) is 5.48 Å². The monoisotopic (exact) mass is 598 g/mol. The van der Waals surface area contributed by atoms with E-state index in [-0.39, 0.29) is 53.9 Å². The molecule has 3 N–H and O–H groups in total. The minimum atomic E-state index is -1.50. The number of halogens is 1. The standard InChI is InChI=1S/C8H11F.2C8H10O3.C4H8N2O2S.CH4/c1-6(2)7-4-3-5-8(7)9;1-4(2)11-8-6(9)5(3)7(8)10;1-4(2)3-5-6(9)8(11)7(5)10;1-3(2)4-5-8-9(7)6-4;/h3,5-6H,4H2,1-2H3;2*4,9H,3H2,1-2H3;3H,1-2H3,(H,5,6);1H4. The maximum absolute atomic E-state index is 12.6. The number of ether oxygens (including phenoxy) is 1. The largest absolute Gasteiger partial charge is 0.504 e. The van der Waals surface area contributed by atoms with Crippen LogP contribution in [0.3, 0.4) is 0 Å². The summed E-state index contributed by atoms with van der Waals surface area (Å²) in [7, 11) is 0. The predicted molar refractivity (Wildman–Crippen MR) is 160 cm³/mol. The van der Waals surface area contributed by atoms with E-state index in [4.69, 9.17) is 14.9 Å². The number of nitrogens with one attached hydrogen (secondary N) is 1. The van der Waals surface area contributed by atoms with Gasteiger partial charge in [0.25, 0.3) is 5.43 Å². The molecule has 0 radical (unpaired) electrons. The first-order chi connectivity index (χ1) is 18.5. The van der Waals surface area contributed by atoms with Gasteiger partial charge in [0.05, 0.1) is 17.2 Å². The summed E-state index contributed by atoms with van der Waals surface area (Å²) < 4.78 is 36.1. The van der Waals surface area contributed by atoms with Crippen LogP contribution in [-0.2, 0) is 31.5 Å². The lowest BCUT2D eigenvalue weighted by Gasteiger charge is -2.21. The van der Waals surface area contributed by atoms with Crippen molar-refractivity contribution < 1.29 is 32.6 Å². The topological polar surface area (TPSA) is 152 Å². The van der Waals surface area contributed by atoms with E-state index in [0.29, 0.717) is 29.7 Å². The SMILES string of the molecule is C.C=C1C(=O)C(OC(C)C)=C1O.CC(C)C1=C(F)C=CC1.CC(C)C1=NS(=O)ON1.CC(C)Cc1c(O)c(=O)c1=O. The fourth-order valence-electron chi connectivity index (χ4n) is 3.22. The fraction of sp³-hybridized carbons (Fsp3) is 0.517. The molecule has 0 bridgehead atoms. The first-order valence-corrected chi connectivity index (χ1v) is 13.9. The number of aromatic hydroxyl groups is 1. The molecule has 0 spiro atoms. The van der Waals surface area contributed by atoms with Gasteiger partial charge in [-0.25, -0.2) is 14.1 Å². The average Bonchev–Trinajstić information content (AvgIpc) is 3.53. The van der Waals surface area contributed by atoms with Gasteiger partial charge in [-0.05, 0) is 50.2 Å². The van der Waals surface area contributed by atoms with Crippen LogP contribution in [-0.4, -0.2) is 32.1 Å². The van der Waals surface area contributed by atoms with E-state index in [2.05, 4.69) is 20.7 Å². The van der Waals surface area contributed by atoms with E-state index in [1.807, 2.05) is 47.6 Å². The summed E-state index contributed by atoms with van der Waals surface area (Å²) in [5, 5.41) is 17.9. The number of carbonyl (C=O) groups is 1. The van der Waals surface area contributed by atoms with Crippen molar-refractivity contribution in [2.24, 2.45) is 22.2 Å². The number of hydrogen-bond donors (Lipinski definition) is 3. The molecule has 0 saturated heterocycles. The minimum Gasteiger partial charge on any atom is -0.504 e. The summed E-state index contributed by atoms with van der Waals surface area (Å²) in [6.07, 6.45) is 4.63. The first kappa shape index (κ1) is 37.6. The summed E-state index contributed by atoms with van der Waals surface area (Å²) in [5.41, 5.74) is 2.58. The average molecular weight is 599 g/mol. The highest BCUT2D eigenvalue weighted by atomic mass is 32.2. The van der Waals surface area contributed by atoms with Crippen LogP contribution in [0.15, 0.2) is 61.2 Å². The first-order valence-electron chi connectivity index (χ1n) is 12.8. The number of hydrogen-bond acceptors (Lipinski definition) is 9. The lowest BCUT2D eigenvalue weighted by molar-refractivity contribution is -0.118. The van der Waals surface area contributed by atoms with E-state index in [9.17, 15) is 23.0 Å². The van der Waals surface area contributed by atoms with Gasteiger partial charge in [0.15, 0.2) is 11.5 Å². The van der Waals surface area contributed by atoms with Crippen molar-refractivity contribution in [1.29, 1.82) is 0 Å². The van der Waals surface area contributed by atoms with Crippen molar-refractivity contribution in [2.45, 2.75) is 81.8 Å². The lowest BCUT2D eigenvalue weighted by atomic mass is 9.98. The van der Waals surface area contributed by atoms with Gasteiger partial charge in [-0.1, -0.05) is 61.6 Å². The number of aliphatic hydroxyl groups is 1. The van der Waals surface area contributed by atoms with Crippen LogP contribution in [0.1, 0.15) is 74.8 Å². The number of rotatable bonds is 6. The Kier molecular flexibility index (Phi) is 15.4. The summed E-state index contributed by atoms with van der Waals surface area (Å²) in [5.74, 6) is 0.840. The molecule has 4 rings (SSSR count). The van der Waals surface area contributed by atoms with Crippen LogP contribution in [0.2, 0.25) is 0 Å². The lowest BCUT2D eigenvalue weighted by Crippen LogP contribution is -2.35. The Labute approximate surface area is 243 Å². The van der Waals surface area contributed by atoms with Gasteiger partial charge in [-0.2, -0.15) is 4.28 Å². The maximum atomic E-state index is 12.6. The third-order valence-corrected chi connectivity index (χ3v) is 6.04. The van der Waals surface area contributed by atoms with Crippen molar-refractivity contribution >= 4 is 22.9 Å². The maximum Gasteiger partial charge on any atom is 0.309 e. The van der Waals surface area contributed by atoms with Crippen LogP contribution >= 0.6 is 0 Å². The number of Topliss-reactive ketones (excluding diaryl/α,β-unsaturated/α-hetero) is 1. The Morgan fingerprint density at radius 3 is 1.95 bits per heavy atom. The molecule has 0 aromatic heterocycles. The zero-order valence-corrected chi connectivity index (χ0v) is 25.0. The number of amidine groups is 1. The number of aliphatic hydroxyl groups excluding tert-OH is 1. The Bertz CT molecular complexity index is 1310. The van der Waals surface area contributed by atoms with Crippen LogP contribution in [0.5, 0.6) is 5.75 Å². The second-order valence-electron chi connectivity index (χ2n) is 10.4. The number of hydroxylamine groups is 1. The van der Waals surface area contributed by atoms with Gasteiger partial charge >= 0.3 is 11.3 Å². The molecule has 0 amide bonds. The Morgan fingerprint density at radius 1 is 1.07 bits per heavy atom. The highest BCUT2D eigenvalue weighted by Crippen LogP contribution is 2.28. The van der Waals surface area contributed by atoms with Crippen molar-refractivity contribution in [3.8, 4) is 5.75 Å². The third-order valence-electron chi connectivity index (χ3n) is 5.47. The van der Waals surface area contributed by atoms with E-state index in [1.54, 1.807) is 19.9 Å². The second-order valence-corrected chi connectivity index (χ2v) is 11.2. The van der Waals surface area contributed by atoms with Crippen LogP contribution < -0.4 is 16.3 Å². The van der Waals surface area contributed by atoms with E-state index >= 15 is 0 Å². The molecule has 1 aliphatic heterocycles.